The van der Waals surface area contributed by atoms with Crippen LogP contribution in [0.25, 0.3) is 11.1 Å². The monoisotopic (exact) mass is 655 g/mol. The van der Waals surface area contributed by atoms with Crippen molar-refractivity contribution in [3.8, 4) is 11.1 Å². The van der Waals surface area contributed by atoms with Gasteiger partial charge < -0.3 is 19.1 Å². The summed E-state index contributed by atoms with van der Waals surface area (Å²) in [5.74, 6) is 0.774. The molecule has 0 amide bonds. The van der Waals surface area contributed by atoms with Gasteiger partial charge in [-0.05, 0) is 39.9 Å². The first kappa shape index (κ1) is 32.2. The number of sulfonamides is 1. The van der Waals surface area contributed by atoms with Gasteiger partial charge in [0, 0.05) is 43.2 Å². The summed E-state index contributed by atoms with van der Waals surface area (Å²) < 4.78 is 43.7. The molecular formula is C36H37N3O5S2. The van der Waals surface area contributed by atoms with Gasteiger partial charge in [-0.25, -0.2) is 18.1 Å². The summed E-state index contributed by atoms with van der Waals surface area (Å²) >= 11 is 1.66. The first-order chi connectivity index (χ1) is 22.3. The molecule has 0 spiro atoms. The van der Waals surface area contributed by atoms with Gasteiger partial charge in [-0.1, -0.05) is 110 Å². The Labute approximate surface area is 274 Å². The predicted molar refractivity (Wildman–Crippen MR) is 179 cm³/mol. The fourth-order valence-electron chi connectivity index (χ4n) is 5.59. The second kappa shape index (κ2) is 14.3. The predicted octanol–water partition coefficient (Wildman–Crippen LogP) is 6.64. The van der Waals surface area contributed by atoms with Gasteiger partial charge in [-0.3, -0.25) is 0 Å². The Morgan fingerprint density at radius 3 is 2.28 bits per heavy atom. The quantitative estimate of drug-likeness (QED) is 0.154. The lowest BCUT2D eigenvalue weighted by atomic mass is 9.91. The van der Waals surface area contributed by atoms with Crippen molar-refractivity contribution in [2.75, 3.05) is 5.75 Å². The highest BCUT2D eigenvalue weighted by Crippen LogP contribution is 2.43. The van der Waals surface area contributed by atoms with Gasteiger partial charge in [0.15, 0.2) is 11.4 Å². The molecule has 4 aromatic carbocycles. The van der Waals surface area contributed by atoms with Crippen molar-refractivity contribution in [1.82, 2.24) is 14.3 Å². The number of imidazole rings is 1. The number of aliphatic hydroxyl groups excluding tert-OH is 1. The van der Waals surface area contributed by atoms with E-state index in [0.29, 0.717) is 5.75 Å². The van der Waals surface area contributed by atoms with E-state index in [1.807, 2.05) is 90.6 Å². The van der Waals surface area contributed by atoms with Crippen molar-refractivity contribution in [3.05, 3.63) is 138 Å². The van der Waals surface area contributed by atoms with Crippen molar-refractivity contribution < 1.29 is 23.0 Å². The molecule has 46 heavy (non-hydrogen) atoms. The minimum Gasteiger partial charge on any atom is -0.392 e. The highest BCUT2D eigenvalue weighted by Gasteiger charge is 2.38. The van der Waals surface area contributed by atoms with Crippen LogP contribution >= 0.6 is 11.8 Å². The number of benzene rings is 4. The van der Waals surface area contributed by atoms with Crippen LogP contribution in [0.15, 0.2) is 126 Å². The second-order valence-electron chi connectivity index (χ2n) is 11.4. The molecule has 1 fully saturated rings. The van der Waals surface area contributed by atoms with E-state index in [4.69, 9.17) is 9.47 Å². The summed E-state index contributed by atoms with van der Waals surface area (Å²) in [7, 11) is -1.66. The van der Waals surface area contributed by atoms with Crippen LogP contribution in [0.1, 0.15) is 41.6 Å². The molecule has 0 unspecified atom stereocenters. The number of hydrogen-bond acceptors (Lipinski definition) is 7. The van der Waals surface area contributed by atoms with Crippen LogP contribution in [-0.4, -0.2) is 34.9 Å². The maximum absolute atomic E-state index is 12.9. The summed E-state index contributed by atoms with van der Waals surface area (Å²) in [6.07, 6.45) is 2.82. The largest absolute Gasteiger partial charge is 0.392 e. The molecule has 10 heteroatoms. The van der Waals surface area contributed by atoms with Crippen LogP contribution in [0.4, 0.5) is 0 Å². The smallest absolute Gasteiger partial charge is 0.240 e. The van der Waals surface area contributed by atoms with Crippen LogP contribution in [0.5, 0.6) is 0 Å². The summed E-state index contributed by atoms with van der Waals surface area (Å²) in [4.78, 5) is 4.70. The topological polar surface area (TPSA) is 103 Å². The Morgan fingerprint density at radius 2 is 1.59 bits per heavy atom. The van der Waals surface area contributed by atoms with Gasteiger partial charge in [-0.2, -0.15) is 0 Å². The summed E-state index contributed by atoms with van der Waals surface area (Å²) in [5.41, 5.74) is 5.54. The Morgan fingerprint density at radius 1 is 0.891 bits per heavy atom. The molecular weight excluding hydrogens is 619 g/mol. The maximum atomic E-state index is 12.9. The van der Waals surface area contributed by atoms with Gasteiger partial charge in [0.05, 0.1) is 23.7 Å². The first-order valence-corrected chi connectivity index (χ1v) is 17.6. The molecule has 2 N–H and O–H groups in total. The average molecular weight is 656 g/mol. The molecule has 1 aromatic heterocycles. The molecule has 1 saturated heterocycles. The van der Waals surface area contributed by atoms with E-state index >= 15 is 0 Å². The van der Waals surface area contributed by atoms with Crippen molar-refractivity contribution in [3.63, 3.8) is 0 Å². The third-order valence-corrected chi connectivity index (χ3v) is 10.9. The molecule has 1 aliphatic heterocycles. The molecule has 5 aromatic rings. The lowest BCUT2D eigenvalue weighted by molar-refractivity contribution is -0.268. The first-order valence-electron chi connectivity index (χ1n) is 15.2. The zero-order chi connectivity index (χ0) is 32.1. The number of thioether (sulfide) groups is 1. The van der Waals surface area contributed by atoms with E-state index in [0.717, 1.165) is 38.5 Å². The SMILES string of the molecule is C[C@@H]1[C@H](CSc2nccn2C)O[C@H](c2ccc(-c3ccccc3CNS(=O)(=O)c3ccccc3)cc2)O[C@@H]1c1ccc(CO)cc1. The Hall–Kier alpha value is -3.77. The number of aromatic nitrogens is 2. The minimum absolute atomic E-state index is 0.00952. The van der Waals surface area contributed by atoms with Gasteiger partial charge in [0.1, 0.15) is 0 Å². The van der Waals surface area contributed by atoms with E-state index in [1.54, 1.807) is 48.3 Å². The third-order valence-electron chi connectivity index (χ3n) is 8.29. The normalized spacial score (nSPS) is 20.1. The average Bonchev–Trinajstić information content (AvgIpc) is 3.52. The van der Waals surface area contributed by atoms with E-state index in [2.05, 4.69) is 16.6 Å². The number of rotatable bonds is 11. The lowest BCUT2D eigenvalue weighted by Crippen LogP contribution is -2.38. The molecule has 238 valence electrons. The molecule has 0 radical (unpaired) electrons. The molecule has 6 rings (SSSR count). The third kappa shape index (κ3) is 7.28. The van der Waals surface area contributed by atoms with Crippen molar-refractivity contribution in [1.29, 1.82) is 0 Å². The number of nitrogens with one attached hydrogen (secondary N) is 1. The standard InChI is InChI=1S/C36H37N3O5S2/c1-25-33(24-45-36-37-20-21-39(36)2)43-35(44-34(25)28-14-12-26(23-40)13-15-28)29-18-16-27(17-19-29)32-11-7-6-8-30(32)22-38-46(41,42)31-9-4-3-5-10-31/h3-21,25,33-35,38,40H,22-24H2,1-2H3/t25-,33+,34+,35+/m1/s1. The maximum Gasteiger partial charge on any atom is 0.240 e. The van der Waals surface area contributed by atoms with Crippen LogP contribution < -0.4 is 4.72 Å². The van der Waals surface area contributed by atoms with Gasteiger partial charge in [-0.15, -0.1) is 0 Å². The second-order valence-corrected chi connectivity index (χ2v) is 14.1. The highest BCUT2D eigenvalue weighted by molar-refractivity contribution is 7.99. The Bertz CT molecular complexity index is 1850. The fraction of sp³-hybridized carbons (Fsp3) is 0.250. The highest BCUT2D eigenvalue weighted by atomic mass is 32.2. The van der Waals surface area contributed by atoms with Crippen LogP contribution in [0.3, 0.4) is 0 Å². The van der Waals surface area contributed by atoms with E-state index < -0.39 is 16.3 Å². The van der Waals surface area contributed by atoms with Crippen molar-refractivity contribution in [2.24, 2.45) is 13.0 Å². The van der Waals surface area contributed by atoms with Gasteiger partial charge in [0.25, 0.3) is 0 Å². The number of nitrogens with zero attached hydrogens (tertiary/aromatic N) is 2. The molecule has 4 atom stereocenters. The molecule has 0 saturated carbocycles. The van der Waals surface area contributed by atoms with Crippen LogP contribution in [-0.2, 0) is 39.7 Å². The Balaban J connectivity index is 1.22. The molecule has 0 aliphatic carbocycles. The van der Waals surface area contributed by atoms with E-state index in [1.165, 1.54) is 0 Å². The van der Waals surface area contributed by atoms with Crippen molar-refractivity contribution in [2.45, 2.75) is 48.6 Å². The number of hydrogen-bond donors (Lipinski definition) is 2. The van der Waals surface area contributed by atoms with E-state index in [9.17, 15) is 13.5 Å². The molecule has 0 bridgehead atoms. The Kier molecular flexibility index (Phi) is 10.0. The van der Waals surface area contributed by atoms with Gasteiger partial charge in [0.2, 0.25) is 10.0 Å². The summed E-state index contributed by atoms with van der Waals surface area (Å²) in [5, 5.41) is 10.5. The van der Waals surface area contributed by atoms with Gasteiger partial charge >= 0.3 is 0 Å². The molecule has 2 heterocycles. The summed E-state index contributed by atoms with van der Waals surface area (Å²) in [6.45, 7) is 2.30. The van der Waals surface area contributed by atoms with E-state index in [-0.39, 0.29) is 36.2 Å². The zero-order valence-corrected chi connectivity index (χ0v) is 27.3. The van der Waals surface area contributed by atoms with Crippen LogP contribution in [0.2, 0.25) is 0 Å². The lowest BCUT2D eigenvalue weighted by Gasteiger charge is -2.41. The summed E-state index contributed by atoms with van der Waals surface area (Å²) in [6, 6.07) is 32.1. The number of aryl methyl sites for hydroxylation is 1. The number of aliphatic hydroxyl groups is 1. The zero-order valence-electron chi connectivity index (χ0n) is 25.7. The molecule has 1 aliphatic rings. The number of ether oxygens (including phenoxy) is 2. The van der Waals surface area contributed by atoms with Crippen molar-refractivity contribution >= 4 is 21.8 Å². The van der Waals surface area contributed by atoms with Crippen LogP contribution in [0, 0.1) is 5.92 Å². The molecule has 8 nitrogen and oxygen atoms in total. The minimum atomic E-state index is -3.64. The fourth-order valence-corrected chi connectivity index (χ4v) is 7.71.